The second-order valence-electron chi connectivity index (χ2n) is 13.0. The number of carbonyl (C=O) groups excluding carboxylic acids is 3. The number of carbonyl (C=O) groups is 3. The van der Waals surface area contributed by atoms with Crippen LogP contribution in [0.25, 0.3) is 0 Å². The van der Waals surface area contributed by atoms with Gasteiger partial charge in [-0.3, -0.25) is 4.79 Å². The van der Waals surface area contributed by atoms with Crippen molar-refractivity contribution in [2.45, 2.75) is 94.3 Å². The summed E-state index contributed by atoms with van der Waals surface area (Å²) in [5.74, 6) is -0.551. The first-order valence-corrected chi connectivity index (χ1v) is 14.6. The Morgan fingerprint density at radius 3 is 2.66 bits per heavy atom. The van der Waals surface area contributed by atoms with Gasteiger partial charge in [0.1, 0.15) is 43.2 Å². The van der Waals surface area contributed by atoms with E-state index in [1.54, 1.807) is 0 Å². The molecule has 4 heterocycles. The molecule has 0 N–H and O–H groups in total. The number of fused-ring (bicyclic) bond motifs is 4. The Morgan fingerprint density at radius 2 is 1.88 bits per heavy atom. The molecule has 5 fully saturated rings. The van der Waals surface area contributed by atoms with Crippen LogP contribution in [0.4, 0.5) is 4.79 Å². The largest absolute Gasteiger partial charge is 0.508 e. The van der Waals surface area contributed by atoms with E-state index in [0.29, 0.717) is 19.4 Å². The number of cyclic esters (lactones) is 1. The highest BCUT2D eigenvalue weighted by molar-refractivity contribution is 5.92. The summed E-state index contributed by atoms with van der Waals surface area (Å²) in [5.41, 5.74) is 0.152. The van der Waals surface area contributed by atoms with E-state index < -0.39 is 35.0 Å². The molecule has 2 spiro atoms. The predicted octanol–water partition coefficient (Wildman–Crippen LogP) is 3.40. The van der Waals surface area contributed by atoms with Crippen molar-refractivity contribution in [3.63, 3.8) is 0 Å². The van der Waals surface area contributed by atoms with Crippen molar-refractivity contribution in [2.24, 2.45) is 17.3 Å². The maximum Gasteiger partial charge on any atom is 0.508 e. The summed E-state index contributed by atoms with van der Waals surface area (Å²) in [5, 5.41) is 0. The summed E-state index contributed by atoms with van der Waals surface area (Å²) in [6, 6.07) is 9.38. The van der Waals surface area contributed by atoms with Gasteiger partial charge in [-0.25, -0.2) is 9.59 Å². The van der Waals surface area contributed by atoms with E-state index >= 15 is 0 Å². The van der Waals surface area contributed by atoms with Crippen LogP contribution in [0, 0.1) is 17.3 Å². The molecule has 3 aliphatic carbocycles. The van der Waals surface area contributed by atoms with Crippen LogP contribution >= 0.6 is 0 Å². The first kappa shape index (κ1) is 25.7. The molecule has 218 valence electrons. The lowest BCUT2D eigenvalue weighted by molar-refractivity contribution is -0.146. The standard InChI is InChI=1S/C31H34O10/c1-16(2)29-23(40-29)24-31(41-24)28(3)11-9-18-19(15-37-25(18)33)20(28)13-21-30(31,39-21)26(29)38-27(34)35-12-10-22(32)36-14-17-7-5-4-6-8-17/h4-8,16,20-21,23-24,26H,9-15H2,1-3H3/t20-,21-,23-,24-,26+,28-,29-,30+,31+/m0/s1. The minimum atomic E-state index is -0.867. The lowest BCUT2D eigenvalue weighted by Gasteiger charge is -2.53. The molecule has 0 unspecified atom stereocenters. The highest BCUT2D eigenvalue weighted by Gasteiger charge is 3.01. The SMILES string of the molecule is CC(C)[C@]12O[C@H]1[C@@H]1O[C@]13[C@]1(O[C@H]1C[C@H]1C4=C(CC[C@@]13C)C(=O)OC4)[C@@H]2OC(=O)OCCC(=O)OCc1ccccc1. The lowest BCUT2D eigenvalue weighted by Crippen LogP contribution is -2.70. The Kier molecular flexibility index (Phi) is 5.23. The number of epoxide rings is 3. The Hall–Kier alpha value is -2.95. The summed E-state index contributed by atoms with van der Waals surface area (Å²) in [6.45, 7) is 6.66. The van der Waals surface area contributed by atoms with Crippen molar-refractivity contribution in [3.05, 3.63) is 47.0 Å². The molecule has 0 radical (unpaired) electrons. The smallest absolute Gasteiger partial charge is 0.461 e. The molecule has 7 aliphatic rings. The summed E-state index contributed by atoms with van der Waals surface area (Å²) in [4.78, 5) is 37.7. The maximum atomic E-state index is 13.1. The molecule has 41 heavy (non-hydrogen) atoms. The van der Waals surface area contributed by atoms with Crippen molar-refractivity contribution >= 4 is 18.1 Å². The van der Waals surface area contributed by atoms with Gasteiger partial charge in [0.05, 0.1) is 12.5 Å². The van der Waals surface area contributed by atoms with E-state index in [9.17, 15) is 14.4 Å². The van der Waals surface area contributed by atoms with E-state index in [1.807, 2.05) is 30.3 Å². The average molecular weight is 567 g/mol. The normalized spacial score (nSPS) is 43.8. The molecule has 3 saturated heterocycles. The fourth-order valence-electron chi connectivity index (χ4n) is 9.00. The van der Waals surface area contributed by atoms with E-state index in [4.69, 9.17) is 33.2 Å². The molecule has 8 rings (SSSR count). The van der Waals surface area contributed by atoms with Crippen LogP contribution in [0.3, 0.4) is 0 Å². The molecule has 9 atom stereocenters. The van der Waals surface area contributed by atoms with Crippen molar-refractivity contribution in [3.8, 4) is 0 Å². The Bertz CT molecular complexity index is 1370. The second kappa shape index (κ2) is 8.33. The van der Waals surface area contributed by atoms with Gasteiger partial charge in [-0.15, -0.1) is 0 Å². The van der Waals surface area contributed by atoms with E-state index in [2.05, 4.69) is 20.8 Å². The van der Waals surface area contributed by atoms with E-state index in [-0.39, 0.29) is 61.2 Å². The van der Waals surface area contributed by atoms with Crippen LogP contribution in [0.5, 0.6) is 0 Å². The highest BCUT2D eigenvalue weighted by atomic mass is 16.8. The minimum absolute atomic E-state index is 0.0340. The van der Waals surface area contributed by atoms with Crippen LogP contribution in [0.1, 0.15) is 52.0 Å². The molecular weight excluding hydrogens is 532 g/mol. The summed E-state index contributed by atoms with van der Waals surface area (Å²) in [6.07, 6.45) is -0.194. The minimum Gasteiger partial charge on any atom is -0.461 e. The fourth-order valence-corrected chi connectivity index (χ4v) is 9.00. The van der Waals surface area contributed by atoms with Crippen molar-refractivity contribution in [2.75, 3.05) is 13.2 Å². The third kappa shape index (κ3) is 3.16. The molecule has 10 heteroatoms. The van der Waals surface area contributed by atoms with Crippen molar-refractivity contribution < 1.29 is 47.5 Å². The molecule has 4 aliphatic heterocycles. The van der Waals surface area contributed by atoms with E-state index in [0.717, 1.165) is 23.1 Å². The van der Waals surface area contributed by atoms with Crippen LogP contribution in [-0.4, -0.2) is 72.5 Å². The molecule has 0 amide bonds. The third-order valence-corrected chi connectivity index (χ3v) is 11.0. The zero-order chi connectivity index (χ0) is 28.4. The van der Waals surface area contributed by atoms with Crippen LogP contribution in [0.2, 0.25) is 0 Å². The second-order valence-corrected chi connectivity index (χ2v) is 13.0. The first-order valence-electron chi connectivity index (χ1n) is 14.6. The Labute approximate surface area is 237 Å². The highest BCUT2D eigenvalue weighted by Crippen LogP contribution is 2.83. The van der Waals surface area contributed by atoms with Gasteiger partial charge in [0.25, 0.3) is 0 Å². The lowest BCUT2D eigenvalue weighted by atomic mass is 9.46. The quantitative estimate of drug-likeness (QED) is 0.275. The molecule has 10 nitrogen and oxygen atoms in total. The maximum absolute atomic E-state index is 13.1. The number of hydrogen-bond acceptors (Lipinski definition) is 10. The summed E-state index contributed by atoms with van der Waals surface area (Å²) >= 11 is 0. The number of benzene rings is 1. The Morgan fingerprint density at radius 1 is 1.07 bits per heavy atom. The van der Waals surface area contributed by atoms with Crippen molar-refractivity contribution in [1.29, 1.82) is 0 Å². The summed E-state index contributed by atoms with van der Waals surface area (Å²) < 4.78 is 41.9. The van der Waals surface area contributed by atoms with Crippen LogP contribution < -0.4 is 0 Å². The van der Waals surface area contributed by atoms with Crippen molar-refractivity contribution in [1.82, 2.24) is 0 Å². The van der Waals surface area contributed by atoms with Gasteiger partial charge < -0.3 is 33.2 Å². The number of esters is 2. The Balaban J connectivity index is 0.998. The predicted molar refractivity (Wildman–Crippen MR) is 138 cm³/mol. The monoisotopic (exact) mass is 566 g/mol. The fraction of sp³-hybridized carbons (Fsp3) is 0.645. The van der Waals surface area contributed by atoms with E-state index in [1.165, 1.54) is 0 Å². The van der Waals surface area contributed by atoms with Gasteiger partial charge in [-0.05, 0) is 42.2 Å². The van der Waals surface area contributed by atoms with Gasteiger partial charge in [0.15, 0.2) is 11.7 Å². The number of rotatable bonds is 7. The first-order chi connectivity index (χ1) is 19.7. The molecule has 1 aromatic rings. The molecule has 0 bridgehead atoms. The summed E-state index contributed by atoms with van der Waals surface area (Å²) in [7, 11) is 0. The van der Waals surface area contributed by atoms with Crippen LogP contribution in [-0.2, 0) is 49.4 Å². The molecular formula is C31H34O10. The third-order valence-electron chi connectivity index (χ3n) is 11.0. The number of ether oxygens (including phenoxy) is 7. The molecule has 1 aromatic carbocycles. The van der Waals surface area contributed by atoms with Gasteiger partial charge in [-0.2, -0.15) is 0 Å². The molecule has 0 aromatic heterocycles. The molecule has 2 saturated carbocycles. The zero-order valence-electron chi connectivity index (χ0n) is 23.4. The van der Waals surface area contributed by atoms with Crippen LogP contribution in [0.15, 0.2) is 41.5 Å². The topological polar surface area (TPSA) is 126 Å². The zero-order valence-corrected chi connectivity index (χ0v) is 23.4. The number of hydrogen-bond donors (Lipinski definition) is 0. The van der Waals surface area contributed by atoms with Gasteiger partial charge >= 0.3 is 18.1 Å². The van der Waals surface area contributed by atoms with Gasteiger partial charge in [0.2, 0.25) is 0 Å². The van der Waals surface area contributed by atoms with Gasteiger partial charge in [-0.1, -0.05) is 51.1 Å². The van der Waals surface area contributed by atoms with Gasteiger partial charge in [0, 0.05) is 11.0 Å². The average Bonchev–Trinajstić information content (AvgIpc) is 3.86.